The molecule has 0 heterocycles. The molecule has 0 atom stereocenters. The predicted molar refractivity (Wildman–Crippen MR) is 61.6 cm³/mol. The van der Waals surface area contributed by atoms with Crippen LogP contribution in [0.1, 0.15) is 0 Å². The number of hydrogen-bond acceptors (Lipinski definition) is 3. The van der Waals surface area contributed by atoms with Crippen molar-refractivity contribution in [3.05, 3.63) is 22.1 Å². The van der Waals surface area contributed by atoms with E-state index in [2.05, 4.69) is 45.0 Å². The van der Waals surface area contributed by atoms with Gasteiger partial charge in [0.05, 0.1) is 13.2 Å². The topological polar surface area (TPSA) is 35.5 Å². The third-order valence-electron chi connectivity index (χ3n) is 0.911. The van der Waals surface area contributed by atoms with Gasteiger partial charge in [-0.15, -0.1) is 0 Å². The quantitative estimate of drug-likeness (QED) is 0.696. The van der Waals surface area contributed by atoms with Gasteiger partial charge < -0.3 is 9.05 Å². The second kappa shape index (κ2) is 6.14. The summed E-state index contributed by atoms with van der Waals surface area (Å²) < 4.78 is 22.6. The van der Waals surface area contributed by atoms with Crippen LogP contribution >= 0.6 is 39.5 Å². The lowest BCUT2D eigenvalue weighted by Gasteiger charge is -2.13. The fourth-order valence-corrected chi connectivity index (χ4v) is 1.85. The highest BCUT2D eigenvalue weighted by Gasteiger charge is 2.16. The van der Waals surface area contributed by atoms with Gasteiger partial charge in [0, 0.05) is 15.6 Å². The van der Waals surface area contributed by atoms with Gasteiger partial charge in [-0.2, -0.15) is 0 Å². The summed E-state index contributed by atoms with van der Waals surface area (Å²) in [4.78, 5) is 0. The minimum absolute atomic E-state index is 0.169. The Morgan fingerprint density at radius 3 is 1.77 bits per heavy atom. The molecule has 0 aromatic carbocycles. The average Bonchev–Trinajstić information content (AvgIpc) is 1.98. The number of halogens is 2. The van der Waals surface area contributed by atoms with Gasteiger partial charge in [0.1, 0.15) is 0 Å². The summed E-state index contributed by atoms with van der Waals surface area (Å²) in [6, 6.07) is 0. The molecule has 0 rings (SSSR count). The van der Waals surface area contributed by atoms with Crippen LogP contribution in [-0.4, -0.2) is 19.9 Å². The Balaban J connectivity index is 3.87. The third kappa shape index (κ3) is 8.91. The van der Waals surface area contributed by atoms with Crippen molar-refractivity contribution in [3.63, 3.8) is 0 Å². The minimum Gasteiger partial charge on any atom is -0.303 e. The molecule has 76 valence electrons. The molecule has 0 radical (unpaired) electrons. The molecule has 0 spiro atoms. The van der Waals surface area contributed by atoms with E-state index >= 15 is 0 Å². The fourth-order valence-electron chi connectivity index (χ4n) is 0.412. The minimum atomic E-state index is -2.98. The van der Waals surface area contributed by atoms with Gasteiger partial charge in [0.2, 0.25) is 0 Å². The summed E-state index contributed by atoms with van der Waals surface area (Å²) in [5, 5.41) is 0. The molecule has 0 aromatic rings. The van der Waals surface area contributed by atoms with E-state index in [-0.39, 0.29) is 13.2 Å². The van der Waals surface area contributed by atoms with Crippen LogP contribution in [0.2, 0.25) is 0 Å². The number of rotatable bonds is 6. The van der Waals surface area contributed by atoms with Crippen molar-refractivity contribution in [2.75, 3.05) is 19.9 Å². The van der Waals surface area contributed by atoms with Crippen LogP contribution in [0, 0.1) is 0 Å². The zero-order valence-electron chi connectivity index (χ0n) is 7.26. The van der Waals surface area contributed by atoms with E-state index in [1.165, 1.54) is 6.66 Å². The summed E-state index contributed by atoms with van der Waals surface area (Å²) in [6.45, 7) is 8.82. The van der Waals surface area contributed by atoms with Gasteiger partial charge >= 0.3 is 7.60 Å². The molecule has 6 heteroatoms. The summed E-state index contributed by atoms with van der Waals surface area (Å²) in [5.74, 6) is 0. The van der Waals surface area contributed by atoms with E-state index in [0.29, 0.717) is 8.96 Å². The highest BCUT2D eigenvalue weighted by atomic mass is 79.9. The lowest BCUT2D eigenvalue weighted by Crippen LogP contribution is -1.97. The van der Waals surface area contributed by atoms with Crippen LogP contribution in [0.15, 0.2) is 22.1 Å². The van der Waals surface area contributed by atoms with Gasteiger partial charge in [0.25, 0.3) is 0 Å². The SMILES string of the molecule is C=C(Br)COP(C)(=O)OCC(=C)Br. The van der Waals surface area contributed by atoms with Crippen molar-refractivity contribution in [3.8, 4) is 0 Å². The van der Waals surface area contributed by atoms with Gasteiger partial charge in [-0.05, 0) is 0 Å². The van der Waals surface area contributed by atoms with Crippen LogP contribution in [0.25, 0.3) is 0 Å². The Morgan fingerprint density at radius 1 is 1.23 bits per heavy atom. The smallest absolute Gasteiger partial charge is 0.303 e. The Kier molecular flexibility index (Phi) is 6.42. The van der Waals surface area contributed by atoms with Crippen molar-refractivity contribution < 1.29 is 13.6 Å². The van der Waals surface area contributed by atoms with Crippen LogP contribution in [-0.2, 0) is 13.6 Å². The highest BCUT2D eigenvalue weighted by molar-refractivity contribution is 9.12. The molecular formula is C7H11Br2O3P. The lowest BCUT2D eigenvalue weighted by atomic mass is 10.7. The molecule has 0 aliphatic carbocycles. The first-order valence-electron chi connectivity index (χ1n) is 3.36. The second-order valence-corrected chi connectivity index (χ2v) is 6.65. The van der Waals surface area contributed by atoms with Gasteiger partial charge in [-0.25, -0.2) is 0 Å². The van der Waals surface area contributed by atoms with Crippen molar-refractivity contribution in [2.45, 2.75) is 0 Å². The van der Waals surface area contributed by atoms with Gasteiger partial charge in [-0.1, -0.05) is 45.0 Å². The lowest BCUT2D eigenvalue weighted by molar-refractivity contribution is 0.241. The molecule has 0 bridgehead atoms. The van der Waals surface area contributed by atoms with Crippen molar-refractivity contribution in [1.29, 1.82) is 0 Å². The van der Waals surface area contributed by atoms with E-state index < -0.39 is 7.60 Å². The number of hydrogen-bond donors (Lipinski definition) is 0. The van der Waals surface area contributed by atoms with Gasteiger partial charge in [-0.3, -0.25) is 4.57 Å². The molecule has 0 aliphatic rings. The third-order valence-corrected chi connectivity index (χ3v) is 2.57. The van der Waals surface area contributed by atoms with Crippen LogP contribution < -0.4 is 0 Å². The first kappa shape index (κ1) is 13.6. The van der Waals surface area contributed by atoms with Gasteiger partial charge in [0.15, 0.2) is 0 Å². The van der Waals surface area contributed by atoms with E-state index in [9.17, 15) is 4.57 Å². The summed E-state index contributed by atoms with van der Waals surface area (Å²) in [7, 11) is -2.98. The molecular weight excluding hydrogens is 323 g/mol. The standard InChI is InChI=1S/C7H11Br2O3P/c1-6(8)4-11-13(3,10)12-5-7(2)9/h1-2,4-5H2,3H3. The average molecular weight is 334 g/mol. The highest BCUT2D eigenvalue weighted by Crippen LogP contribution is 2.44. The predicted octanol–water partition coefficient (Wildman–Crippen LogP) is 3.66. The van der Waals surface area contributed by atoms with E-state index in [0.717, 1.165) is 0 Å². The van der Waals surface area contributed by atoms with Crippen molar-refractivity contribution >= 4 is 39.5 Å². The summed E-state index contributed by atoms with van der Waals surface area (Å²) in [5.41, 5.74) is 0. The Hall–Kier alpha value is 0.590. The van der Waals surface area contributed by atoms with Crippen LogP contribution in [0.5, 0.6) is 0 Å². The molecule has 0 saturated carbocycles. The van der Waals surface area contributed by atoms with Crippen molar-refractivity contribution in [2.24, 2.45) is 0 Å². The van der Waals surface area contributed by atoms with E-state index in [1.54, 1.807) is 0 Å². The summed E-state index contributed by atoms with van der Waals surface area (Å²) in [6.07, 6.45) is 0. The zero-order valence-corrected chi connectivity index (χ0v) is 11.3. The monoisotopic (exact) mass is 332 g/mol. The Labute approximate surface area is 95.0 Å². The maximum atomic E-state index is 11.5. The molecule has 0 fully saturated rings. The Morgan fingerprint density at radius 2 is 1.54 bits per heavy atom. The first-order valence-corrected chi connectivity index (χ1v) is 6.94. The molecule has 0 aromatic heterocycles. The normalized spacial score (nSPS) is 11.3. The molecule has 0 saturated heterocycles. The maximum absolute atomic E-state index is 11.5. The molecule has 0 N–H and O–H groups in total. The molecule has 0 amide bonds. The molecule has 0 aliphatic heterocycles. The molecule has 0 unspecified atom stereocenters. The van der Waals surface area contributed by atoms with E-state index in [4.69, 9.17) is 9.05 Å². The maximum Gasteiger partial charge on any atom is 0.328 e. The molecule has 13 heavy (non-hydrogen) atoms. The molecule has 3 nitrogen and oxygen atoms in total. The Bertz CT molecular complexity index is 230. The van der Waals surface area contributed by atoms with Crippen molar-refractivity contribution in [1.82, 2.24) is 0 Å². The second-order valence-electron chi connectivity index (χ2n) is 2.35. The van der Waals surface area contributed by atoms with E-state index in [1.807, 2.05) is 0 Å². The first-order chi connectivity index (χ1) is 5.83. The van der Waals surface area contributed by atoms with Crippen LogP contribution in [0.3, 0.4) is 0 Å². The summed E-state index contributed by atoms with van der Waals surface area (Å²) >= 11 is 6.17. The largest absolute Gasteiger partial charge is 0.328 e. The zero-order chi connectivity index (χ0) is 10.5. The fraction of sp³-hybridized carbons (Fsp3) is 0.429. The van der Waals surface area contributed by atoms with Crippen LogP contribution in [0.4, 0.5) is 0 Å².